The summed E-state index contributed by atoms with van der Waals surface area (Å²) in [6, 6.07) is 9.12. The maximum Gasteiger partial charge on any atom is 0.234 e. The minimum atomic E-state index is -0.226. The maximum absolute atomic E-state index is 12.1. The predicted molar refractivity (Wildman–Crippen MR) is 126 cm³/mol. The first-order chi connectivity index (χ1) is 14.2. The summed E-state index contributed by atoms with van der Waals surface area (Å²) in [4.78, 5) is 12.8. The van der Waals surface area contributed by atoms with Crippen molar-refractivity contribution in [3.05, 3.63) is 81.2 Å². The number of aromatic hydroxyl groups is 1. The van der Waals surface area contributed by atoms with Gasteiger partial charge in [0.1, 0.15) is 5.75 Å². The van der Waals surface area contributed by atoms with Gasteiger partial charge in [0.2, 0.25) is 5.91 Å². The van der Waals surface area contributed by atoms with E-state index >= 15 is 0 Å². The lowest BCUT2D eigenvalue weighted by Crippen LogP contribution is -2.24. The molecule has 0 saturated heterocycles. The minimum absolute atomic E-state index is 0.164. The molecule has 5 nitrogen and oxygen atoms in total. The lowest BCUT2D eigenvalue weighted by molar-refractivity contribution is -0.117. The molecule has 2 rings (SSSR count). The van der Waals surface area contributed by atoms with Crippen molar-refractivity contribution in [3.8, 4) is 5.75 Å². The minimum Gasteiger partial charge on any atom is -0.508 e. The molecule has 0 heterocycles. The van der Waals surface area contributed by atoms with E-state index in [1.54, 1.807) is 18.2 Å². The van der Waals surface area contributed by atoms with Crippen LogP contribution in [0.4, 0.5) is 0 Å². The Morgan fingerprint density at radius 1 is 1.20 bits per heavy atom. The smallest absolute Gasteiger partial charge is 0.234 e. The fourth-order valence-corrected chi connectivity index (χ4v) is 4.32. The number of carbonyl (C=O) groups is 1. The van der Waals surface area contributed by atoms with E-state index in [0.717, 1.165) is 21.6 Å². The molecular weight excluding hydrogens is 441 g/mol. The molecule has 1 amide bonds. The van der Waals surface area contributed by atoms with Crippen molar-refractivity contribution in [2.75, 3.05) is 5.75 Å². The molecule has 2 aromatic carbocycles. The predicted octanol–water partition coefficient (Wildman–Crippen LogP) is 4.89. The Hall–Kier alpha value is -2.28. The second kappa shape index (κ2) is 11.2. The summed E-state index contributed by atoms with van der Waals surface area (Å²) in [5, 5.41) is 13.7. The molecule has 0 radical (unpaired) electrons. The van der Waals surface area contributed by atoms with E-state index in [1.165, 1.54) is 30.2 Å². The van der Waals surface area contributed by atoms with Crippen LogP contribution in [0, 0.1) is 0 Å². The van der Waals surface area contributed by atoms with Crippen LogP contribution in [0.1, 0.15) is 36.5 Å². The first-order valence-electron chi connectivity index (χ1n) is 9.27. The lowest BCUT2D eigenvalue weighted by Gasteiger charge is -2.13. The number of nitrogens with two attached hydrogens (primary N) is 2. The van der Waals surface area contributed by atoms with Crippen molar-refractivity contribution in [1.29, 1.82) is 0 Å². The average molecular weight is 466 g/mol. The van der Waals surface area contributed by atoms with Gasteiger partial charge in [-0.1, -0.05) is 49.2 Å². The highest BCUT2D eigenvalue weighted by Crippen LogP contribution is 2.34. The number of hydrogen-bond donors (Lipinski definition) is 4. The quantitative estimate of drug-likeness (QED) is 0.328. The van der Waals surface area contributed by atoms with Crippen molar-refractivity contribution in [1.82, 2.24) is 5.32 Å². The number of allylic oxidation sites excluding steroid dienone is 1. The normalized spacial score (nSPS) is 12.0. The molecule has 160 valence electrons. The van der Waals surface area contributed by atoms with E-state index in [9.17, 15) is 9.90 Å². The van der Waals surface area contributed by atoms with Crippen LogP contribution in [0.15, 0.2) is 59.4 Å². The summed E-state index contributed by atoms with van der Waals surface area (Å²) in [6.45, 7) is 4.05. The topological polar surface area (TPSA) is 101 Å². The van der Waals surface area contributed by atoms with Crippen LogP contribution in [0.2, 0.25) is 10.0 Å². The number of thioether (sulfide) groups is 1. The van der Waals surface area contributed by atoms with Gasteiger partial charge in [-0.25, -0.2) is 0 Å². The van der Waals surface area contributed by atoms with Crippen molar-refractivity contribution in [2.24, 2.45) is 11.5 Å². The van der Waals surface area contributed by atoms with Gasteiger partial charge in [-0.15, -0.1) is 11.8 Å². The van der Waals surface area contributed by atoms with Crippen LogP contribution < -0.4 is 16.8 Å². The third-order valence-corrected chi connectivity index (χ3v) is 5.97. The van der Waals surface area contributed by atoms with Gasteiger partial charge in [0, 0.05) is 27.6 Å². The summed E-state index contributed by atoms with van der Waals surface area (Å²) in [6.07, 6.45) is 4.60. The SMILES string of the molecule is CC(C)c1cc(Cc2c(Cl)cc(SCC(=O)NC(/C=C\N)=C/N)cc2Cl)ccc1O. The highest BCUT2D eigenvalue weighted by molar-refractivity contribution is 8.00. The van der Waals surface area contributed by atoms with E-state index in [0.29, 0.717) is 22.2 Å². The highest BCUT2D eigenvalue weighted by Gasteiger charge is 2.13. The molecule has 2 aromatic rings. The molecule has 0 saturated carbocycles. The van der Waals surface area contributed by atoms with E-state index in [1.807, 2.05) is 26.0 Å². The van der Waals surface area contributed by atoms with Crippen LogP contribution in [-0.4, -0.2) is 16.8 Å². The van der Waals surface area contributed by atoms with E-state index < -0.39 is 0 Å². The first kappa shape index (κ1) is 24.0. The first-order valence-corrected chi connectivity index (χ1v) is 11.0. The molecular formula is C22H25Cl2N3O2S. The maximum atomic E-state index is 12.1. The molecule has 30 heavy (non-hydrogen) atoms. The number of phenolic OH excluding ortho intramolecular Hbond substituents is 1. The highest BCUT2D eigenvalue weighted by atomic mass is 35.5. The number of halogens is 2. The van der Waals surface area contributed by atoms with Gasteiger partial charge in [0.15, 0.2) is 0 Å². The Balaban J connectivity index is 2.10. The van der Waals surface area contributed by atoms with Crippen molar-refractivity contribution >= 4 is 40.9 Å². The summed E-state index contributed by atoms with van der Waals surface area (Å²) >= 11 is 14.3. The van der Waals surface area contributed by atoms with Crippen molar-refractivity contribution < 1.29 is 9.90 Å². The largest absolute Gasteiger partial charge is 0.508 e. The van der Waals surface area contributed by atoms with Gasteiger partial charge in [-0.3, -0.25) is 4.79 Å². The van der Waals surface area contributed by atoms with Crippen LogP contribution in [0.3, 0.4) is 0 Å². The number of nitrogens with one attached hydrogen (secondary N) is 1. The average Bonchev–Trinajstić information content (AvgIpc) is 2.69. The lowest BCUT2D eigenvalue weighted by atomic mass is 9.96. The van der Waals surface area contributed by atoms with Crippen LogP contribution >= 0.6 is 35.0 Å². The van der Waals surface area contributed by atoms with Crippen molar-refractivity contribution in [2.45, 2.75) is 31.1 Å². The monoisotopic (exact) mass is 465 g/mol. The van der Waals surface area contributed by atoms with E-state index in [4.69, 9.17) is 34.7 Å². The van der Waals surface area contributed by atoms with Crippen LogP contribution in [0.5, 0.6) is 5.75 Å². The van der Waals surface area contributed by atoms with Crippen LogP contribution in [-0.2, 0) is 11.2 Å². The Morgan fingerprint density at radius 3 is 2.43 bits per heavy atom. The van der Waals surface area contributed by atoms with Gasteiger partial charge in [0.05, 0.1) is 11.4 Å². The zero-order chi connectivity index (χ0) is 22.3. The number of phenols is 1. The second-order valence-corrected chi connectivity index (χ2v) is 8.77. The molecule has 0 aromatic heterocycles. The third-order valence-electron chi connectivity index (χ3n) is 4.32. The molecule has 0 aliphatic rings. The van der Waals surface area contributed by atoms with Gasteiger partial charge >= 0.3 is 0 Å². The molecule has 0 aliphatic carbocycles. The second-order valence-electron chi connectivity index (χ2n) is 6.91. The number of amides is 1. The Morgan fingerprint density at radius 2 is 1.87 bits per heavy atom. The summed E-state index contributed by atoms with van der Waals surface area (Å²) in [7, 11) is 0. The third kappa shape index (κ3) is 6.62. The van der Waals surface area contributed by atoms with Gasteiger partial charge in [0.25, 0.3) is 0 Å². The standard InChI is InChI=1S/C22H25Cl2N3O2S/c1-13(2)17-7-14(3-4-21(17)28)8-18-19(23)9-16(10-20(18)24)30-12-22(29)27-15(11-26)5-6-25/h3-7,9-11,13,28H,8,12,25-26H2,1-2H3,(H,27,29)/b6-5-,15-11+. The number of carbonyl (C=O) groups excluding carboxylic acids is 1. The van der Waals surface area contributed by atoms with E-state index in [2.05, 4.69) is 5.32 Å². The summed E-state index contributed by atoms with van der Waals surface area (Å²) in [5.41, 5.74) is 13.8. The zero-order valence-electron chi connectivity index (χ0n) is 16.8. The Bertz CT molecular complexity index is 952. The fourth-order valence-electron chi connectivity index (χ4n) is 2.80. The zero-order valence-corrected chi connectivity index (χ0v) is 19.1. The molecule has 0 fully saturated rings. The molecule has 0 aliphatic heterocycles. The summed E-state index contributed by atoms with van der Waals surface area (Å²) < 4.78 is 0. The van der Waals surface area contributed by atoms with Crippen LogP contribution in [0.25, 0.3) is 0 Å². The van der Waals surface area contributed by atoms with Crippen molar-refractivity contribution in [3.63, 3.8) is 0 Å². The van der Waals surface area contributed by atoms with Gasteiger partial charge < -0.3 is 21.9 Å². The molecule has 8 heteroatoms. The number of rotatable bonds is 8. The molecule has 0 atom stereocenters. The molecule has 0 spiro atoms. The Labute approximate surface area is 191 Å². The fraction of sp³-hybridized carbons (Fsp3) is 0.227. The summed E-state index contributed by atoms with van der Waals surface area (Å²) in [5.74, 6) is 0.426. The van der Waals surface area contributed by atoms with Gasteiger partial charge in [-0.2, -0.15) is 0 Å². The van der Waals surface area contributed by atoms with E-state index in [-0.39, 0.29) is 23.3 Å². The molecule has 6 N–H and O–H groups in total. The van der Waals surface area contributed by atoms with Gasteiger partial charge in [-0.05, 0) is 53.1 Å². The number of hydrogen-bond acceptors (Lipinski definition) is 5. The Kier molecular flexibility index (Phi) is 8.96. The number of benzene rings is 2. The molecule has 0 bridgehead atoms. The molecule has 0 unspecified atom stereocenters.